The maximum atomic E-state index is 6.24. The van der Waals surface area contributed by atoms with Crippen LogP contribution in [-0.2, 0) is 4.74 Å². The standard InChI is InChI=1S/C18H33NO/c1-4-10-19-16(15-13-17(15,2)3)14-7-11-20-18(12-14)8-5-6-9-18/h14-16,19H,4-13H2,1-3H3. The van der Waals surface area contributed by atoms with Crippen molar-refractivity contribution in [1.29, 1.82) is 0 Å². The molecule has 2 nitrogen and oxygen atoms in total. The van der Waals surface area contributed by atoms with Crippen LogP contribution in [0.1, 0.15) is 72.1 Å². The van der Waals surface area contributed by atoms with E-state index in [1.54, 1.807) is 0 Å². The number of nitrogens with one attached hydrogen (secondary N) is 1. The zero-order chi connectivity index (χ0) is 14.2. The third kappa shape index (κ3) is 2.92. The summed E-state index contributed by atoms with van der Waals surface area (Å²) >= 11 is 0. The second kappa shape index (κ2) is 5.61. The first kappa shape index (κ1) is 14.8. The van der Waals surface area contributed by atoms with E-state index in [0.717, 1.165) is 24.5 Å². The van der Waals surface area contributed by atoms with Gasteiger partial charge in [0.05, 0.1) is 5.60 Å². The topological polar surface area (TPSA) is 21.3 Å². The summed E-state index contributed by atoms with van der Waals surface area (Å²) in [4.78, 5) is 0. The van der Waals surface area contributed by atoms with Crippen molar-refractivity contribution in [2.75, 3.05) is 13.2 Å². The highest BCUT2D eigenvalue weighted by Crippen LogP contribution is 2.56. The van der Waals surface area contributed by atoms with Gasteiger partial charge in [-0.05, 0) is 62.3 Å². The Morgan fingerprint density at radius 1 is 1.20 bits per heavy atom. The summed E-state index contributed by atoms with van der Waals surface area (Å²) in [5.41, 5.74) is 0.848. The molecule has 3 fully saturated rings. The van der Waals surface area contributed by atoms with E-state index >= 15 is 0 Å². The van der Waals surface area contributed by atoms with Crippen molar-refractivity contribution in [2.45, 2.75) is 83.8 Å². The van der Waals surface area contributed by atoms with Crippen LogP contribution < -0.4 is 5.32 Å². The van der Waals surface area contributed by atoms with E-state index in [1.807, 2.05) is 0 Å². The quantitative estimate of drug-likeness (QED) is 0.816. The fourth-order valence-electron chi connectivity index (χ4n) is 4.81. The molecule has 0 aromatic heterocycles. The SMILES string of the molecule is CCCNC(C1CCOC2(CCCC2)C1)C1CC1(C)C. The Bertz CT molecular complexity index is 332. The van der Waals surface area contributed by atoms with E-state index in [0.29, 0.717) is 5.41 Å². The molecule has 0 aromatic rings. The molecule has 3 atom stereocenters. The minimum Gasteiger partial charge on any atom is -0.375 e. The molecule has 20 heavy (non-hydrogen) atoms. The lowest BCUT2D eigenvalue weighted by molar-refractivity contribution is -0.0995. The first-order chi connectivity index (χ1) is 9.56. The van der Waals surface area contributed by atoms with Crippen LogP contribution in [0.15, 0.2) is 0 Å². The Kier molecular flexibility index (Phi) is 4.16. The molecule has 0 radical (unpaired) electrons. The van der Waals surface area contributed by atoms with Crippen LogP contribution in [0.4, 0.5) is 0 Å². The van der Waals surface area contributed by atoms with E-state index in [4.69, 9.17) is 4.74 Å². The van der Waals surface area contributed by atoms with Crippen molar-refractivity contribution in [3.05, 3.63) is 0 Å². The number of hydrogen-bond donors (Lipinski definition) is 1. The molecular formula is C18H33NO. The monoisotopic (exact) mass is 279 g/mol. The third-order valence-corrected chi connectivity index (χ3v) is 6.21. The summed E-state index contributed by atoms with van der Waals surface area (Å²) in [7, 11) is 0. The second-order valence-corrected chi connectivity index (χ2v) is 8.27. The fraction of sp³-hybridized carbons (Fsp3) is 1.00. The molecule has 2 saturated carbocycles. The van der Waals surface area contributed by atoms with E-state index in [1.165, 1.54) is 57.9 Å². The Balaban J connectivity index is 1.67. The zero-order valence-corrected chi connectivity index (χ0v) is 13.7. The Hall–Kier alpha value is -0.0800. The van der Waals surface area contributed by atoms with Crippen molar-refractivity contribution < 1.29 is 4.74 Å². The smallest absolute Gasteiger partial charge is 0.0685 e. The van der Waals surface area contributed by atoms with Crippen molar-refractivity contribution >= 4 is 0 Å². The van der Waals surface area contributed by atoms with Crippen LogP contribution in [0, 0.1) is 17.3 Å². The Morgan fingerprint density at radius 2 is 1.90 bits per heavy atom. The number of ether oxygens (including phenoxy) is 1. The molecule has 2 aliphatic carbocycles. The van der Waals surface area contributed by atoms with Crippen molar-refractivity contribution in [3.63, 3.8) is 0 Å². The lowest BCUT2D eigenvalue weighted by atomic mass is 9.78. The fourth-order valence-corrected chi connectivity index (χ4v) is 4.81. The average molecular weight is 279 g/mol. The molecule has 3 aliphatic rings. The van der Waals surface area contributed by atoms with Gasteiger partial charge >= 0.3 is 0 Å². The number of hydrogen-bond acceptors (Lipinski definition) is 2. The van der Waals surface area contributed by atoms with Gasteiger partial charge in [-0.25, -0.2) is 0 Å². The van der Waals surface area contributed by atoms with Crippen molar-refractivity contribution in [3.8, 4) is 0 Å². The summed E-state index contributed by atoms with van der Waals surface area (Å²) in [6.07, 6.45) is 10.7. The molecule has 3 rings (SSSR count). The molecule has 116 valence electrons. The highest BCUT2D eigenvalue weighted by atomic mass is 16.5. The molecule has 3 unspecified atom stereocenters. The highest BCUT2D eigenvalue weighted by Gasteiger charge is 2.53. The van der Waals surface area contributed by atoms with Crippen LogP contribution in [-0.4, -0.2) is 24.8 Å². The van der Waals surface area contributed by atoms with Gasteiger partial charge in [-0.3, -0.25) is 0 Å². The van der Waals surface area contributed by atoms with Gasteiger partial charge in [0.25, 0.3) is 0 Å². The van der Waals surface area contributed by atoms with Crippen LogP contribution in [0.3, 0.4) is 0 Å². The lowest BCUT2D eigenvalue weighted by Gasteiger charge is -2.42. The zero-order valence-electron chi connectivity index (χ0n) is 13.7. The van der Waals surface area contributed by atoms with Gasteiger partial charge in [-0.1, -0.05) is 33.6 Å². The van der Waals surface area contributed by atoms with E-state index in [9.17, 15) is 0 Å². The molecule has 2 heteroatoms. The number of rotatable bonds is 5. The minimum absolute atomic E-state index is 0.272. The molecule has 1 spiro atoms. The first-order valence-electron chi connectivity index (χ1n) is 8.94. The molecule has 1 aliphatic heterocycles. The molecule has 0 bridgehead atoms. The predicted molar refractivity (Wildman–Crippen MR) is 83.8 cm³/mol. The van der Waals surface area contributed by atoms with Crippen LogP contribution in [0.2, 0.25) is 0 Å². The second-order valence-electron chi connectivity index (χ2n) is 8.27. The Labute approximate surface area is 125 Å². The van der Waals surface area contributed by atoms with E-state index < -0.39 is 0 Å². The Morgan fingerprint density at radius 3 is 2.50 bits per heavy atom. The van der Waals surface area contributed by atoms with Crippen LogP contribution in [0.25, 0.3) is 0 Å². The van der Waals surface area contributed by atoms with Crippen molar-refractivity contribution in [2.24, 2.45) is 17.3 Å². The molecule has 0 amide bonds. The summed E-state index contributed by atoms with van der Waals surface area (Å²) in [6, 6.07) is 0.742. The summed E-state index contributed by atoms with van der Waals surface area (Å²) in [6.45, 7) is 9.36. The summed E-state index contributed by atoms with van der Waals surface area (Å²) in [5.74, 6) is 1.75. The third-order valence-electron chi connectivity index (χ3n) is 6.21. The van der Waals surface area contributed by atoms with E-state index in [2.05, 4.69) is 26.1 Å². The maximum absolute atomic E-state index is 6.24. The van der Waals surface area contributed by atoms with Crippen LogP contribution in [0.5, 0.6) is 0 Å². The van der Waals surface area contributed by atoms with E-state index in [-0.39, 0.29) is 5.60 Å². The van der Waals surface area contributed by atoms with Crippen LogP contribution >= 0.6 is 0 Å². The minimum atomic E-state index is 0.272. The molecular weight excluding hydrogens is 246 g/mol. The average Bonchev–Trinajstić information content (AvgIpc) is 2.83. The van der Waals surface area contributed by atoms with Gasteiger partial charge in [-0.2, -0.15) is 0 Å². The molecule has 0 aromatic carbocycles. The van der Waals surface area contributed by atoms with Gasteiger partial charge in [-0.15, -0.1) is 0 Å². The lowest BCUT2D eigenvalue weighted by Crippen LogP contribution is -2.47. The summed E-state index contributed by atoms with van der Waals surface area (Å²) < 4.78 is 6.24. The highest BCUT2D eigenvalue weighted by molar-refractivity contribution is 5.06. The predicted octanol–water partition coefficient (Wildman–Crippen LogP) is 4.14. The molecule has 1 N–H and O–H groups in total. The summed E-state index contributed by atoms with van der Waals surface area (Å²) in [5, 5.41) is 3.91. The molecule has 1 saturated heterocycles. The van der Waals surface area contributed by atoms with Gasteiger partial charge < -0.3 is 10.1 Å². The van der Waals surface area contributed by atoms with Crippen molar-refractivity contribution in [1.82, 2.24) is 5.32 Å². The van der Waals surface area contributed by atoms with Gasteiger partial charge in [0.15, 0.2) is 0 Å². The first-order valence-corrected chi connectivity index (χ1v) is 8.94. The van der Waals surface area contributed by atoms with Gasteiger partial charge in [0.2, 0.25) is 0 Å². The maximum Gasteiger partial charge on any atom is 0.0685 e. The normalized spacial score (nSPS) is 36.1. The van der Waals surface area contributed by atoms with Gasteiger partial charge in [0, 0.05) is 12.6 Å². The largest absolute Gasteiger partial charge is 0.375 e. The van der Waals surface area contributed by atoms with Gasteiger partial charge in [0.1, 0.15) is 0 Å². The molecule has 1 heterocycles.